The molecule has 0 aliphatic rings. The molecule has 10 heavy (non-hydrogen) atoms. The van der Waals surface area contributed by atoms with Gasteiger partial charge < -0.3 is 0 Å². The van der Waals surface area contributed by atoms with Crippen LogP contribution in [0.1, 0.15) is 0 Å². The Morgan fingerprint density at radius 2 is 2.00 bits per heavy atom. The lowest BCUT2D eigenvalue weighted by molar-refractivity contribution is 1.39. The number of benzene rings is 1. The average Bonchev–Trinajstić information content (AvgIpc) is 1.95. The van der Waals surface area contributed by atoms with Crippen LogP contribution in [-0.2, 0) is 0 Å². The fraction of sp³-hybridized carbons (Fsp3) is 0. The Morgan fingerprint density at radius 3 is 2.50 bits per heavy atom. The summed E-state index contributed by atoms with van der Waals surface area (Å²) in [4.78, 5) is 1.12. The van der Waals surface area contributed by atoms with Crippen LogP contribution in [0.25, 0.3) is 0 Å². The second-order valence-corrected chi connectivity index (χ2v) is 4.46. The zero-order valence-electron chi connectivity index (χ0n) is 4.84. The number of thiol groups is 1. The van der Waals surface area contributed by atoms with Gasteiger partial charge in [0, 0.05) is 13.8 Å². The third-order valence-corrected chi connectivity index (χ3v) is 4.45. The zero-order valence-corrected chi connectivity index (χ0v) is 9.73. The SMILES string of the molecule is SSc1cccc(Br)c1Br. The summed E-state index contributed by atoms with van der Waals surface area (Å²) >= 11 is 10.9. The molecule has 0 N–H and O–H groups in total. The topological polar surface area (TPSA) is 0 Å². The van der Waals surface area contributed by atoms with Gasteiger partial charge in [-0.3, -0.25) is 0 Å². The molecule has 1 rings (SSSR count). The Bertz CT molecular complexity index is 237. The second kappa shape index (κ2) is 4.04. The van der Waals surface area contributed by atoms with E-state index in [0.717, 1.165) is 13.8 Å². The Labute approximate surface area is 85.8 Å². The van der Waals surface area contributed by atoms with Crippen molar-refractivity contribution >= 4 is 54.3 Å². The summed E-state index contributed by atoms with van der Waals surface area (Å²) in [5.74, 6) is 0. The molecule has 0 radical (unpaired) electrons. The van der Waals surface area contributed by atoms with Crippen molar-refractivity contribution in [1.82, 2.24) is 0 Å². The summed E-state index contributed by atoms with van der Waals surface area (Å²) in [5, 5.41) is 0. The van der Waals surface area contributed by atoms with Gasteiger partial charge in [-0.05, 0) is 44.0 Å². The van der Waals surface area contributed by atoms with E-state index < -0.39 is 0 Å². The van der Waals surface area contributed by atoms with Crippen molar-refractivity contribution in [2.24, 2.45) is 0 Å². The van der Waals surface area contributed by atoms with Crippen molar-refractivity contribution in [2.75, 3.05) is 0 Å². The number of rotatable bonds is 1. The molecule has 4 heteroatoms. The lowest BCUT2D eigenvalue weighted by Crippen LogP contribution is -1.71. The fourth-order valence-corrected chi connectivity index (χ4v) is 2.72. The van der Waals surface area contributed by atoms with E-state index >= 15 is 0 Å². The first-order valence-corrected chi connectivity index (χ1v) is 5.96. The molecule has 0 amide bonds. The van der Waals surface area contributed by atoms with E-state index in [0.29, 0.717) is 0 Å². The Hall–Kier alpha value is 0.880. The standard InChI is InChI=1S/C6H4Br2S2/c7-4-2-1-3-5(10-9)6(4)8/h1-3,9H. The highest BCUT2D eigenvalue weighted by molar-refractivity contribution is 9.13. The molecule has 1 aromatic rings. The smallest absolute Gasteiger partial charge is 0.0461 e. The van der Waals surface area contributed by atoms with Crippen LogP contribution in [0.4, 0.5) is 0 Å². The van der Waals surface area contributed by atoms with Crippen molar-refractivity contribution in [3.63, 3.8) is 0 Å². The highest BCUT2D eigenvalue weighted by atomic mass is 79.9. The molecule has 0 spiro atoms. The first kappa shape index (κ1) is 8.97. The molecule has 0 bridgehead atoms. The summed E-state index contributed by atoms with van der Waals surface area (Å²) < 4.78 is 2.13. The number of halogens is 2. The molecule has 0 saturated carbocycles. The molecule has 0 fully saturated rings. The van der Waals surface area contributed by atoms with Crippen LogP contribution in [-0.4, -0.2) is 0 Å². The van der Waals surface area contributed by atoms with E-state index in [1.165, 1.54) is 10.8 Å². The minimum Gasteiger partial charge on any atom is -0.106 e. The first-order chi connectivity index (χ1) is 4.75. The minimum atomic E-state index is 1.06. The summed E-state index contributed by atoms with van der Waals surface area (Å²) in [7, 11) is 1.43. The lowest BCUT2D eigenvalue weighted by Gasteiger charge is -1.99. The van der Waals surface area contributed by atoms with E-state index in [-0.39, 0.29) is 0 Å². The monoisotopic (exact) mass is 298 g/mol. The third-order valence-electron chi connectivity index (χ3n) is 1.01. The van der Waals surface area contributed by atoms with Crippen LogP contribution >= 0.6 is 54.3 Å². The summed E-state index contributed by atoms with van der Waals surface area (Å²) in [5.41, 5.74) is 0. The predicted molar refractivity (Wildman–Crippen MR) is 56.7 cm³/mol. The van der Waals surface area contributed by atoms with Crippen LogP contribution in [0.3, 0.4) is 0 Å². The van der Waals surface area contributed by atoms with Crippen LogP contribution < -0.4 is 0 Å². The zero-order chi connectivity index (χ0) is 7.56. The molecule has 0 aromatic heterocycles. The Morgan fingerprint density at radius 1 is 1.30 bits per heavy atom. The van der Waals surface area contributed by atoms with Crippen molar-refractivity contribution in [1.29, 1.82) is 0 Å². The van der Waals surface area contributed by atoms with Crippen molar-refractivity contribution in [3.05, 3.63) is 27.1 Å². The van der Waals surface area contributed by atoms with Gasteiger partial charge in [0.05, 0.1) is 0 Å². The molecule has 54 valence electrons. The second-order valence-electron chi connectivity index (χ2n) is 1.64. The maximum atomic E-state index is 4.09. The van der Waals surface area contributed by atoms with Gasteiger partial charge >= 0.3 is 0 Å². The molecule has 0 saturated heterocycles. The Balaban J connectivity index is 3.14. The van der Waals surface area contributed by atoms with Gasteiger partial charge in [0.2, 0.25) is 0 Å². The molecular weight excluding hydrogens is 296 g/mol. The number of hydrogen-bond donors (Lipinski definition) is 1. The van der Waals surface area contributed by atoms with Crippen molar-refractivity contribution in [3.8, 4) is 0 Å². The van der Waals surface area contributed by atoms with E-state index in [9.17, 15) is 0 Å². The van der Waals surface area contributed by atoms with Crippen LogP contribution in [0, 0.1) is 0 Å². The van der Waals surface area contributed by atoms with E-state index in [4.69, 9.17) is 0 Å². The molecular formula is C6H4Br2S2. The van der Waals surface area contributed by atoms with Gasteiger partial charge in [-0.25, -0.2) is 0 Å². The fourth-order valence-electron chi connectivity index (χ4n) is 0.555. The van der Waals surface area contributed by atoms with E-state index in [1.807, 2.05) is 18.2 Å². The maximum Gasteiger partial charge on any atom is 0.0461 e. The molecule has 0 aliphatic heterocycles. The van der Waals surface area contributed by atoms with Crippen molar-refractivity contribution in [2.45, 2.75) is 4.90 Å². The van der Waals surface area contributed by atoms with Crippen LogP contribution in [0.5, 0.6) is 0 Å². The quantitative estimate of drug-likeness (QED) is 0.600. The molecule has 0 heterocycles. The molecule has 0 nitrogen and oxygen atoms in total. The van der Waals surface area contributed by atoms with Crippen LogP contribution in [0.2, 0.25) is 0 Å². The third kappa shape index (κ3) is 1.94. The molecule has 0 unspecified atom stereocenters. The van der Waals surface area contributed by atoms with Gasteiger partial charge in [0.15, 0.2) is 0 Å². The lowest BCUT2D eigenvalue weighted by atomic mass is 10.4. The Kier molecular flexibility index (Phi) is 3.63. The molecule has 0 aliphatic carbocycles. The van der Waals surface area contributed by atoms with Gasteiger partial charge in [0.25, 0.3) is 0 Å². The summed E-state index contributed by atoms with van der Waals surface area (Å²) in [6.07, 6.45) is 0. The van der Waals surface area contributed by atoms with E-state index in [1.54, 1.807) is 0 Å². The number of hydrogen-bond acceptors (Lipinski definition) is 2. The highest BCUT2D eigenvalue weighted by Gasteiger charge is 2.00. The summed E-state index contributed by atoms with van der Waals surface area (Å²) in [6, 6.07) is 5.97. The first-order valence-electron chi connectivity index (χ1n) is 2.51. The largest absolute Gasteiger partial charge is 0.106 e. The average molecular weight is 300 g/mol. The van der Waals surface area contributed by atoms with Crippen molar-refractivity contribution < 1.29 is 0 Å². The summed E-state index contributed by atoms with van der Waals surface area (Å²) in [6.45, 7) is 0. The predicted octanol–water partition coefficient (Wildman–Crippen LogP) is 4.15. The van der Waals surface area contributed by atoms with Gasteiger partial charge in [0.1, 0.15) is 0 Å². The maximum absolute atomic E-state index is 4.09. The van der Waals surface area contributed by atoms with Gasteiger partial charge in [-0.2, -0.15) is 0 Å². The van der Waals surface area contributed by atoms with E-state index in [2.05, 4.69) is 43.5 Å². The molecule has 1 aromatic carbocycles. The minimum absolute atomic E-state index is 1.06. The highest BCUT2D eigenvalue weighted by Crippen LogP contribution is 2.34. The van der Waals surface area contributed by atoms with Gasteiger partial charge in [-0.15, -0.1) is 11.7 Å². The molecule has 0 atom stereocenters. The van der Waals surface area contributed by atoms with Gasteiger partial charge in [-0.1, -0.05) is 16.9 Å². The van der Waals surface area contributed by atoms with Crippen LogP contribution in [0.15, 0.2) is 32.0 Å². The normalized spacial score (nSPS) is 9.90.